The van der Waals surface area contributed by atoms with Gasteiger partial charge in [0.2, 0.25) is 0 Å². The molecular formula is C15H18ClN3O4. The van der Waals surface area contributed by atoms with Crippen molar-refractivity contribution < 1.29 is 19.1 Å². The summed E-state index contributed by atoms with van der Waals surface area (Å²) >= 11 is 5.69. The Bertz CT molecular complexity index is 603. The fourth-order valence-electron chi connectivity index (χ4n) is 2.04. The minimum atomic E-state index is -0.679. The molecule has 23 heavy (non-hydrogen) atoms. The highest BCUT2D eigenvalue weighted by Gasteiger charge is 2.31. The van der Waals surface area contributed by atoms with E-state index >= 15 is 0 Å². The van der Waals surface area contributed by atoms with Gasteiger partial charge in [-0.3, -0.25) is 15.6 Å². The van der Waals surface area contributed by atoms with Gasteiger partial charge in [-0.2, -0.15) is 0 Å². The summed E-state index contributed by atoms with van der Waals surface area (Å²) in [6, 6.07) is 6.62. The van der Waals surface area contributed by atoms with Crippen LogP contribution in [0.15, 0.2) is 24.3 Å². The van der Waals surface area contributed by atoms with Gasteiger partial charge in [0, 0.05) is 11.3 Å². The third kappa shape index (κ3) is 4.35. The van der Waals surface area contributed by atoms with Crippen molar-refractivity contribution in [2.45, 2.75) is 26.1 Å². The Morgan fingerprint density at radius 2 is 2.13 bits per heavy atom. The van der Waals surface area contributed by atoms with Crippen molar-refractivity contribution in [1.82, 2.24) is 5.32 Å². The van der Waals surface area contributed by atoms with Gasteiger partial charge in [-0.15, -0.1) is 11.6 Å². The molecule has 1 fully saturated rings. The number of carbonyl (C=O) groups is 2. The number of rotatable bonds is 4. The van der Waals surface area contributed by atoms with Crippen molar-refractivity contribution in [3.63, 3.8) is 0 Å². The zero-order valence-electron chi connectivity index (χ0n) is 12.8. The number of anilines is 1. The average Bonchev–Trinajstić information content (AvgIpc) is 2.87. The van der Waals surface area contributed by atoms with Gasteiger partial charge in [-0.25, -0.2) is 9.59 Å². The number of carbonyl (C=O) groups excluding carboxylic acids is 2. The third-order valence-corrected chi connectivity index (χ3v) is 3.43. The van der Waals surface area contributed by atoms with Gasteiger partial charge in [0.15, 0.2) is 0 Å². The van der Waals surface area contributed by atoms with Crippen LogP contribution in [0.25, 0.3) is 0 Å². The molecule has 0 aromatic heterocycles. The second-order valence-corrected chi connectivity index (χ2v) is 5.58. The number of nitrogens with zero attached hydrogens (tertiary/aromatic N) is 1. The van der Waals surface area contributed by atoms with Gasteiger partial charge in [0.05, 0.1) is 18.5 Å². The molecule has 0 aliphatic carbocycles. The van der Waals surface area contributed by atoms with E-state index in [1.165, 1.54) is 4.90 Å². The van der Waals surface area contributed by atoms with Crippen molar-refractivity contribution in [2.24, 2.45) is 0 Å². The Morgan fingerprint density at radius 3 is 2.65 bits per heavy atom. The van der Waals surface area contributed by atoms with Crippen LogP contribution in [0.2, 0.25) is 0 Å². The molecule has 124 valence electrons. The molecule has 0 bridgehead atoms. The Morgan fingerprint density at radius 1 is 1.48 bits per heavy atom. The number of nitrogens with one attached hydrogen (secondary N) is 2. The molecule has 8 heteroatoms. The Kier molecular flexibility index (Phi) is 5.44. The maximum absolute atomic E-state index is 11.7. The van der Waals surface area contributed by atoms with Crippen molar-refractivity contribution >= 4 is 35.3 Å². The molecular weight excluding hydrogens is 322 g/mol. The lowest BCUT2D eigenvalue weighted by Gasteiger charge is -2.14. The van der Waals surface area contributed by atoms with Crippen LogP contribution in [0, 0.1) is 5.41 Å². The molecule has 1 saturated heterocycles. The van der Waals surface area contributed by atoms with Crippen molar-refractivity contribution in [2.75, 3.05) is 17.3 Å². The number of alkyl carbamates (subject to hydrolysis) is 1. The molecule has 1 aliphatic rings. The zero-order valence-corrected chi connectivity index (χ0v) is 13.6. The number of amidine groups is 1. The van der Waals surface area contributed by atoms with Crippen molar-refractivity contribution in [1.29, 1.82) is 5.41 Å². The number of benzene rings is 1. The molecule has 1 heterocycles. The standard InChI is InChI=1S/C15H18ClN3O4/c1-9(2)22-14(20)18-13(17)10-3-5-11(6-4-10)19-8-12(7-16)23-15(19)21/h3-6,9,12H,7-8H2,1-2H3,(H2,17,18,20)/t12-/m0/s1. The molecule has 1 atom stereocenters. The minimum Gasteiger partial charge on any atom is -0.447 e. The molecule has 0 unspecified atom stereocenters. The summed E-state index contributed by atoms with van der Waals surface area (Å²) in [6.45, 7) is 3.83. The van der Waals surface area contributed by atoms with Crippen molar-refractivity contribution in [3.05, 3.63) is 29.8 Å². The molecule has 2 rings (SSSR count). The molecule has 7 nitrogen and oxygen atoms in total. The predicted octanol–water partition coefficient (Wildman–Crippen LogP) is 2.71. The molecule has 0 spiro atoms. The first-order valence-electron chi connectivity index (χ1n) is 7.11. The maximum Gasteiger partial charge on any atom is 0.414 e. The number of alkyl halides is 1. The van der Waals surface area contributed by atoms with E-state index in [2.05, 4.69) is 5.32 Å². The van der Waals surface area contributed by atoms with Crippen LogP contribution in [-0.2, 0) is 9.47 Å². The SMILES string of the molecule is CC(C)OC(=O)NC(=N)c1ccc(N2C[C@H](CCl)OC2=O)cc1. The van der Waals surface area contributed by atoms with Gasteiger partial charge in [-0.05, 0) is 38.1 Å². The number of hydrogen-bond donors (Lipinski definition) is 2. The Hall–Kier alpha value is -2.28. The van der Waals surface area contributed by atoms with Gasteiger partial charge < -0.3 is 9.47 Å². The molecule has 2 N–H and O–H groups in total. The van der Waals surface area contributed by atoms with E-state index in [1.807, 2.05) is 0 Å². The lowest BCUT2D eigenvalue weighted by atomic mass is 10.2. The average molecular weight is 340 g/mol. The van der Waals surface area contributed by atoms with Crippen LogP contribution < -0.4 is 10.2 Å². The molecule has 2 amide bonds. The Labute approximate surface area is 139 Å². The van der Waals surface area contributed by atoms with Gasteiger partial charge in [0.1, 0.15) is 11.9 Å². The molecule has 1 aromatic carbocycles. The van der Waals surface area contributed by atoms with E-state index in [0.717, 1.165) is 0 Å². The normalized spacial score (nSPS) is 17.1. The number of ether oxygens (including phenoxy) is 2. The summed E-state index contributed by atoms with van der Waals surface area (Å²) in [5.41, 5.74) is 1.14. The molecule has 1 aliphatic heterocycles. The van der Waals surface area contributed by atoms with Crippen LogP contribution >= 0.6 is 11.6 Å². The molecule has 0 saturated carbocycles. The minimum absolute atomic E-state index is 0.0789. The van der Waals surface area contributed by atoms with E-state index in [0.29, 0.717) is 17.8 Å². The van der Waals surface area contributed by atoms with Crippen molar-refractivity contribution in [3.8, 4) is 0 Å². The summed E-state index contributed by atoms with van der Waals surface area (Å²) in [5.74, 6) is 0.164. The van der Waals surface area contributed by atoms with E-state index < -0.39 is 12.2 Å². The van der Waals surface area contributed by atoms with Crippen LogP contribution in [0.5, 0.6) is 0 Å². The first-order valence-corrected chi connectivity index (χ1v) is 7.65. The molecule has 1 aromatic rings. The van der Waals surface area contributed by atoms with Gasteiger partial charge in [-0.1, -0.05) is 0 Å². The van der Waals surface area contributed by atoms with E-state index in [1.54, 1.807) is 38.1 Å². The van der Waals surface area contributed by atoms with Crippen LogP contribution in [0.4, 0.5) is 15.3 Å². The first kappa shape index (κ1) is 17.1. The first-order chi connectivity index (χ1) is 10.9. The maximum atomic E-state index is 11.7. The highest BCUT2D eigenvalue weighted by Crippen LogP contribution is 2.22. The van der Waals surface area contributed by atoms with Gasteiger partial charge in [0.25, 0.3) is 0 Å². The lowest BCUT2D eigenvalue weighted by Crippen LogP contribution is -2.32. The predicted molar refractivity (Wildman–Crippen MR) is 86.4 cm³/mol. The highest BCUT2D eigenvalue weighted by atomic mass is 35.5. The Balaban J connectivity index is 2.01. The summed E-state index contributed by atoms with van der Waals surface area (Å²) in [6.07, 6.45) is -1.71. The highest BCUT2D eigenvalue weighted by molar-refractivity contribution is 6.18. The smallest absolute Gasteiger partial charge is 0.414 e. The molecule has 0 radical (unpaired) electrons. The monoisotopic (exact) mass is 339 g/mol. The van der Waals surface area contributed by atoms with Crippen LogP contribution in [0.1, 0.15) is 19.4 Å². The third-order valence-electron chi connectivity index (χ3n) is 3.08. The summed E-state index contributed by atoms with van der Waals surface area (Å²) < 4.78 is 10.00. The quantitative estimate of drug-likeness (QED) is 0.501. The zero-order chi connectivity index (χ0) is 17.0. The second-order valence-electron chi connectivity index (χ2n) is 5.27. The number of cyclic esters (lactones) is 1. The largest absolute Gasteiger partial charge is 0.447 e. The van der Waals surface area contributed by atoms with Crippen LogP contribution in [0.3, 0.4) is 0 Å². The van der Waals surface area contributed by atoms with E-state index in [9.17, 15) is 9.59 Å². The second kappa shape index (κ2) is 7.32. The summed E-state index contributed by atoms with van der Waals surface area (Å²) in [4.78, 5) is 24.7. The number of hydrogen-bond acceptors (Lipinski definition) is 5. The summed E-state index contributed by atoms with van der Waals surface area (Å²) in [5, 5.41) is 10.2. The van der Waals surface area contributed by atoms with Crippen LogP contribution in [-0.4, -0.2) is 42.7 Å². The lowest BCUT2D eigenvalue weighted by molar-refractivity contribution is 0.120. The number of halogens is 1. The number of amides is 2. The van der Waals surface area contributed by atoms with Gasteiger partial charge >= 0.3 is 12.2 Å². The topological polar surface area (TPSA) is 91.7 Å². The summed E-state index contributed by atoms with van der Waals surface area (Å²) in [7, 11) is 0. The fourth-order valence-corrected chi connectivity index (χ4v) is 2.20. The fraction of sp³-hybridized carbons (Fsp3) is 0.400. The van der Waals surface area contributed by atoms with E-state index in [4.69, 9.17) is 26.5 Å². The van der Waals surface area contributed by atoms with E-state index in [-0.39, 0.29) is 23.9 Å².